The average Bonchev–Trinajstić information content (AvgIpc) is 2.80. The van der Waals surface area contributed by atoms with E-state index >= 15 is 0 Å². The van der Waals surface area contributed by atoms with Crippen molar-refractivity contribution < 1.29 is 18.0 Å². The van der Waals surface area contributed by atoms with Crippen LogP contribution in [0.15, 0.2) is 36.5 Å². The van der Waals surface area contributed by atoms with Gasteiger partial charge in [0.05, 0.1) is 11.1 Å². The standard InChI is InChI=1S/C16H19N3O4S/c17-24(22,23)18-10-7-12(8-11-18)4-3-9-19-15(20)13-5-1-2-6-14(13)16(19)21/h1-3,5-6,9,12H,4,7-8,10-11H2,(H2,17,22,23). The molecule has 128 valence electrons. The second kappa shape index (κ2) is 6.46. The lowest BCUT2D eigenvalue weighted by Gasteiger charge is -2.29. The number of imide groups is 1. The predicted molar refractivity (Wildman–Crippen MR) is 88.1 cm³/mol. The van der Waals surface area contributed by atoms with Crippen LogP contribution in [-0.4, -0.2) is 42.5 Å². The smallest absolute Gasteiger partial charge is 0.268 e. The zero-order valence-electron chi connectivity index (χ0n) is 13.1. The molecule has 2 heterocycles. The minimum Gasteiger partial charge on any atom is -0.268 e. The molecule has 24 heavy (non-hydrogen) atoms. The third kappa shape index (κ3) is 3.26. The fraction of sp³-hybridized carbons (Fsp3) is 0.375. The average molecular weight is 349 g/mol. The summed E-state index contributed by atoms with van der Waals surface area (Å²) in [6.07, 6.45) is 5.44. The first kappa shape index (κ1) is 16.8. The van der Waals surface area contributed by atoms with Crippen molar-refractivity contribution in [1.82, 2.24) is 9.21 Å². The van der Waals surface area contributed by atoms with E-state index in [1.165, 1.54) is 10.5 Å². The largest absolute Gasteiger partial charge is 0.276 e. The number of carbonyl (C=O) groups excluding carboxylic acids is 2. The van der Waals surface area contributed by atoms with Gasteiger partial charge in [0.1, 0.15) is 0 Å². The van der Waals surface area contributed by atoms with Crippen LogP contribution in [0.5, 0.6) is 0 Å². The summed E-state index contributed by atoms with van der Waals surface area (Å²) in [6.45, 7) is 0.814. The molecule has 0 aromatic heterocycles. The van der Waals surface area contributed by atoms with Crippen molar-refractivity contribution in [2.45, 2.75) is 19.3 Å². The van der Waals surface area contributed by atoms with Crippen LogP contribution in [0.25, 0.3) is 0 Å². The van der Waals surface area contributed by atoms with Crippen molar-refractivity contribution in [1.29, 1.82) is 0 Å². The molecule has 0 saturated carbocycles. The number of rotatable bonds is 4. The topological polar surface area (TPSA) is 101 Å². The van der Waals surface area contributed by atoms with Gasteiger partial charge in [-0.15, -0.1) is 0 Å². The molecule has 2 aliphatic heterocycles. The maximum atomic E-state index is 12.2. The van der Waals surface area contributed by atoms with Gasteiger partial charge in [-0.1, -0.05) is 18.2 Å². The molecule has 1 fully saturated rings. The molecule has 1 saturated heterocycles. The summed E-state index contributed by atoms with van der Waals surface area (Å²) < 4.78 is 23.8. The molecule has 8 heteroatoms. The molecule has 2 amide bonds. The summed E-state index contributed by atoms with van der Waals surface area (Å²) in [6, 6.07) is 6.76. The Balaban J connectivity index is 1.57. The van der Waals surface area contributed by atoms with Crippen LogP contribution in [0.4, 0.5) is 0 Å². The Morgan fingerprint density at radius 2 is 1.62 bits per heavy atom. The maximum absolute atomic E-state index is 12.2. The van der Waals surface area contributed by atoms with Crippen molar-refractivity contribution >= 4 is 22.0 Å². The monoisotopic (exact) mass is 349 g/mol. The van der Waals surface area contributed by atoms with Gasteiger partial charge in [0.25, 0.3) is 22.0 Å². The van der Waals surface area contributed by atoms with Gasteiger partial charge in [0.2, 0.25) is 0 Å². The first-order valence-corrected chi connectivity index (χ1v) is 9.29. The van der Waals surface area contributed by atoms with Gasteiger partial charge in [-0.05, 0) is 37.3 Å². The lowest BCUT2D eigenvalue weighted by Crippen LogP contribution is -2.42. The molecule has 1 aromatic rings. The minimum atomic E-state index is -3.61. The molecule has 0 radical (unpaired) electrons. The second-order valence-corrected chi connectivity index (χ2v) is 7.58. The van der Waals surface area contributed by atoms with Crippen LogP contribution >= 0.6 is 0 Å². The Hall–Kier alpha value is -2.03. The second-order valence-electron chi connectivity index (χ2n) is 6.03. The summed E-state index contributed by atoms with van der Waals surface area (Å²) in [4.78, 5) is 25.5. The van der Waals surface area contributed by atoms with Crippen LogP contribution in [0.1, 0.15) is 40.0 Å². The number of fused-ring (bicyclic) bond motifs is 1. The van der Waals surface area contributed by atoms with Crippen LogP contribution in [-0.2, 0) is 10.2 Å². The molecule has 7 nitrogen and oxygen atoms in total. The molecule has 0 spiro atoms. The Morgan fingerprint density at radius 1 is 1.08 bits per heavy atom. The lowest BCUT2D eigenvalue weighted by atomic mass is 9.95. The van der Waals surface area contributed by atoms with Crippen molar-refractivity contribution in [3.8, 4) is 0 Å². The number of benzene rings is 1. The highest BCUT2D eigenvalue weighted by Gasteiger charge is 2.33. The maximum Gasteiger partial charge on any atom is 0.276 e. The van der Waals surface area contributed by atoms with Gasteiger partial charge >= 0.3 is 0 Å². The number of amides is 2. The van der Waals surface area contributed by atoms with Gasteiger partial charge < -0.3 is 0 Å². The Morgan fingerprint density at radius 3 is 2.12 bits per heavy atom. The highest BCUT2D eigenvalue weighted by Crippen LogP contribution is 2.24. The summed E-state index contributed by atoms with van der Waals surface area (Å²) >= 11 is 0. The van der Waals surface area contributed by atoms with Crippen LogP contribution < -0.4 is 5.14 Å². The molecular formula is C16H19N3O4S. The summed E-state index contributed by atoms with van der Waals surface area (Å²) in [5.74, 6) is -0.304. The van der Waals surface area contributed by atoms with E-state index in [0.717, 1.165) is 4.90 Å². The normalized spacial score (nSPS) is 20.1. The highest BCUT2D eigenvalue weighted by molar-refractivity contribution is 7.86. The first-order chi connectivity index (χ1) is 11.4. The zero-order chi connectivity index (χ0) is 17.3. The van der Waals surface area contributed by atoms with Gasteiger partial charge in [-0.3, -0.25) is 9.59 Å². The zero-order valence-corrected chi connectivity index (χ0v) is 13.9. The third-order valence-electron chi connectivity index (χ3n) is 4.48. The van der Waals surface area contributed by atoms with E-state index in [1.54, 1.807) is 30.3 Å². The van der Waals surface area contributed by atoms with Crippen LogP contribution in [0.2, 0.25) is 0 Å². The van der Waals surface area contributed by atoms with E-state index in [1.807, 2.05) is 0 Å². The highest BCUT2D eigenvalue weighted by atomic mass is 32.2. The number of nitrogens with two attached hydrogens (primary N) is 1. The predicted octanol–water partition coefficient (Wildman–Crippen LogP) is 1.10. The molecule has 0 unspecified atom stereocenters. The number of piperidine rings is 1. The fourth-order valence-electron chi connectivity index (χ4n) is 3.10. The Kier molecular flexibility index (Phi) is 4.53. The number of allylic oxidation sites excluding steroid dienone is 1. The summed E-state index contributed by atoms with van der Waals surface area (Å²) in [5.41, 5.74) is 0.849. The molecule has 0 aliphatic carbocycles. The molecule has 0 atom stereocenters. The molecule has 0 bridgehead atoms. The van der Waals surface area contributed by atoms with Gasteiger partial charge in [0.15, 0.2) is 0 Å². The van der Waals surface area contributed by atoms with Crippen molar-refractivity contribution in [3.05, 3.63) is 47.7 Å². The number of hydrogen-bond donors (Lipinski definition) is 1. The van der Waals surface area contributed by atoms with Crippen LogP contribution in [0, 0.1) is 5.92 Å². The fourth-order valence-corrected chi connectivity index (χ4v) is 3.82. The summed E-state index contributed by atoms with van der Waals surface area (Å²) in [7, 11) is -3.61. The van der Waals surface area contributed by atoms with E-state index < -0.39 is 10.2 Å². The van der Waals surface area contributed by atoms with Crippen molar-refractivity contribution in [3.63, 3.8) is 0 Å². The van der Waals surface area contributed by atoms with Crippen molar-refractivity contribution in [2.75, 3.05) is 13.1 Å². The van der Waals surface area contributed by atoms with Gasteiger partial charge in [-0.2, -0.15) is 12.7 Å². The van der Waals surface area contributed by atoms with Gasteiger partial charge in [0, 0.05) is 19.3 Å². The summed E-state index contributed by atoms with van der Waals surface area (Å²) in [5, 5.41) is 5.11. The van der Waals surface area contributed by atoms with Crippen molar-refractivity contribution in [2.24, 2.45) is 11.1 Å². The van der Waals surface area contributed by atoms with Gasteiger partial charge in [-0.25, -0.2) is 10.0 Å². The molecular weight excluding hydrogens is 330 g/mol. The molecule has 1 aromatic carbocycles. The third-order valence-corrected chi connectivity index (χ3v) is 5.57. The van der Waals surface area contributed by atoms with E-state index in [-0.39, 0.29) is 11.8 Å². The van der Waals surface area contributed by atoms with E-state index in [2.05, 4.69) is 0 Å². The van der Waals surface area contributed by atoms with E-state index in [4.69, 9.17) is 5.14 Å². The molecule has 2 aliphatic rings. The quantitative estimate of drug-likeness (QED) is 0.823. The molecule has 2 N–H and O–H groups in total. The lowest BCUT2D eigenvalue weighted by molar-refractivity contribution is 0.0720. The van der Waals surface area contributed by atoms with E-state index in [9.17, 15) is 18.0 Å². The molecule has 3 rings (SSSR count). The first-order valence-electron chi connectivity index (χ1n) is 7.79. The minimum absolute atomic E-state index is 0.309. The number of carbonyl (C=O) groups is 2. The van der Waals surface area contributed by atoms with E-state index in [0.29, 0.717) is 49.4 Å². The Labute approximate surface area is 140 Å². The SMILES string of the molecule is NS(=O)(=O)N1CCC(CC=CN2C(=O)c3ccccc3C2=O)CC1. The van der Waals surface area contributed by atoms with Crippen LogP contribution in [0.3, 0.4) is 0 Å². The Bertz CT molecular complexity index is 760. The number of hydrogen-bond acceptors (Lipinski definition) is 4. The number of nitrogens with zero attached hydrogens (tertiary/aromatic N) is 2.